The summed E-state index contributed by atoms with van der Waals surface area (Å²) < 4.78 is 10.9. The Kier molecular flexibility index (Phi) is 6.18. The number of ether oxygens (including phenoxy) is 2. The lowest BCUT2D eigenvalue weighted by molar-refractivity contribution is 0.0951. The second kappa shape index (κ2) is 9.54. The predicted octanol–water partition coefficient (Wildman–Crippen LogP) is 4.87. The molecule has 0 saturated heterocycles. The summed E-state index contributed by atoms with van der Waals surface area (Å²) in [5.41, 5.74) is 3.26. The van der Waals surface area contributed by atoms with Crippen LogP contribution in [0, 0.1) is 0 Å². The minimum atomic E-state index is -0.135. The molecule has 4 rings (SSSR count). The van der Waals surface area contributed by atoms with Gasteiger partial charge in [-0.3, -0.25) is 4.79 Å². The van der Waals surface area contributed by atoms with Gasteiger partial charge in [0.15, 0.2) is 0 Å². The Hall–Kier alpha value is -4.19. The van der Waals surface area contributed by atoms with Gasteiger partial charge in [0.2, 0.25) is 0 Å². The van der Waals surface area contributed by atoms with Crippen molar-refractivity contribution in [3.63, 3.8) is 0 Å². The first-order valence-corrected chi connectivity index (χ1v) is 9.78. The molecule has 0 saturated carbocycles. The van der Waals surface area contributed by atoms with E-state index in [4.69, 9.17) is 9.47 Å². The van der Waals surface area contributed by atoms with Crippen LogP contribution < -0.4 is 14.8 Å². The molecule has 3 aromatic carbocycles. The van der Waals surface area contributed by atoms with E-state index in [1.54, 1.807) is 37.7 Å². The van der Waals surface area contributed by atoms with Crippen molar-refractivity contribution in [1.82, 2.24) is 15.3 Å². The summed E-state index contributed by atoms with van der Waals surface area (Å²) in [5, 5.41) is 2.94. The van der Waals surface area contributed by atoms with Gasteiger partial charge in [-0.15, -0.1) is 0 Å². The van der Waals surface area contributed by atoms with Gasteiger partial charge >= 0.3 is 6.01 Å². The molecule has 0 spiro atoms. The molecule has 1 heterocycles. The van der Waals surface area contributed by atoms with Gasteiger partial charge in [0.1, 0.15) is 11.5 Å². The first-order chi connectivity index (χ1) is 15.2. The fourth-order valence-corrected chi connectivity index (χ4v) is 3.01. The highest BCUT2D eigenvalue weighted by molar-refractivity contribution is 5.95. The lowest BCUT2D eigenvalue weighted by Gasteiger charge is -2.08. The molecule has 6 nitrogen and oxygen atoms in total. The summed E-state index contributed by atoms with van der Waals surface area (Å²) in [6, 6.07) is 24.6. The van der Waals surface area contributed by atoms with E-state index in [1.165, 1.54) is 0 Å². The lowest BCUT2D eigenvalue weighted by Crippen LogP contribution is -2.22. The second-order valence-corrected chi connectivity index (χ2v) is 6.78. The number of nitrogens with one attached hydrogen (secondary N) is 1. The van der Waals surface area contributed by atoms with Gasteiger partial charge in [0, 0.05) is 36.1 Å². The van der Waals surface area contributed by atoms with Gasteiger partial charge in [-0.05, 0) is 35.4 Å². The topological polar surface area (TPSA) is 73.3 Å². The van der Waals surface area contributed by atoms with Crippen molar-refractivity contribution < 1.29 is 14.3 Å². The van der Waals surface area contributed by atoms with Crippen LogP contribution >= 0.6 is 0 Å². The second-order valence-electron chi connectivity index (χ2n) is 6.78. The summed E-state index contributed by atoms with van der Waals surface area (Å²) in [6.07, 6.45) is 3.34. The molecule has 0 aliphatic rings. The zero-order valence-corrected chi connectivity index (χ0v) is 17.0. The Labute approximate surface area is 180 Å². The third kappa shape index (κ3) is 5.25. The zero-order valence-electron chi connectivity index (χ0n) is 17.0. The highest BCUT2D eigenvalue weighted by atomic mass is 16.5. The Morgan fingerprint density at radius 3 is 2.35 bits per heavy atom. The minimum Gasteiger partial charge on any atom is -0.497 e. The molecule has 6 heteroatoms. The highest BCUT2D eigenvalue weighted by Crippen LogP contribution is 2.24. The Bertz CT molecular complexity index is 1160. The average Bonchev–Trinajstić information content (AvgIpc) is 2.84. The van der Waals surface area contributed by atoms with E-state index in [-0.39, 0.29) is 11.9 Å². The maximum atomic E-state index is 12.5. The van der Waals surface area contributed by atoms with E-state index >= 15 is 0 Å². The lowest BCUT2D eigenvalue weighted by atomic mass is 10.1. The van der Waals surface area contributed by atoms with Crippen LogP contribution in [-0.4, -0.2) is 23.0 Å². The van der Waals surface area contributed by atoms with E-state index in [9.17, 15) is 4.79 Å². The Morgan fingerprint density at radius 2 is 1.58 bits per heavy atom. The molecule has 0 fully saturated rings. The molecule has 4 aromatic rings. The molecule has 1 N–H and O–H groups in total. The van der Waals surface area contributed by atoms with Gasteiger partial charge in [-0.1, -0.05) is 48.5 Å². The van der Waals surface area contributed by atoms with Crippen molar-refractivity contribution in [2.75, 3.05) is 7.11 Å². The number of methoxy groups -OCH3 is 1. The van der Waals surface area contributed by atoms with Crippen LogP contribution in [0.25, 0.3) is 11.1 Å². The van der Waals surface area contributed by atoms with Crippen LogP contribution in [0.2, 0.25) is 0 Å². The van der Waals surface area contributed by atoms with Crippen molar-refractivity contribution in [2.24, 2.45) is 0 Å². The number of benzene rings is 3. The summed E-state index contributed by atoms with van der Waals surface area (Å²) in [6.45, 7) is 0.476. The van der Waals surface area contributed by atoms with Crippen LogP contribution in [0.3, 0.4) is 0 Å². The first kappa shape index (κ1) is 20.1. The Balaban J connectivity index is 1.44. The molecule has 0 atom stereocenters. The van der Waals surface area contributed by atoms with Crippen molar-refractivity contribution in [3.05, 3.63) is 102 Å². The van der Waals surface area contributed by atoms with Crippen LogP contribution in [0.15, 0.2) is 91.3 Å². The van der Waals surface area contributed by atoms with Gasteiger partial charge < -0.3 is 14.8 Å². The van der Waals surface area contributed by atoms with Crippen molar-refractivity contribution in [2.45, 2.75) is 6.54 Å². The standard InChI is InChI=1S/C25H21N3O3/c1-30-22-11-6-12-23(14-22)31-25-27-16-21(17-28-25)19-9-5-10-20(13-19)24(29)26-15-18-7-3-2-4-8-18/h2-14,16-17H,15H2,1H3,(H,26,29). The number of aromatic nitrogens is 2. The maximum absolute atomic E-state index is 12.5. The van der Waals surface area contributed by atoms with Gasteiger partial charge in [-0.2, -0.15) is 0 Å². The third-order valence-electron chi connectivity index (χ3n) is 4.63. The summed E-state index contributed by atoms with van der Waals surface area (Å²) >= 11 is 0. The SMILES string of the molecule is COc1cccc(Oc2ncc(-c3cccc(C(=O)NCc4ccccc4)c3)cn2)c1. The van der Waals surface area contributed by atoms with Crippen LogP contribution in [-0.2, 0) is 6.54 Å². The van der Waals surface area contributed by atoms with E-state index in [2.05, 4.69) is 15.3 Å². The zero-order chi connectivity index (χ0) is 21.5. The number of nitrogens with zero attached hydrogens (tertiary/aromatic N) is 2. The van der Waals surface area contributed by atoms with E-state index < -0.39 is 0 Å². The third-order valence-corrected chi connectivity index (χ3v) is 4.63. The predicted molar refractivity (Wildman–Crippen MR) is 118 cm³/mol. The minimum absolute atomic E-state index is 0.135. The first-order valence-electron chi connectivity index (χ1n) is 9.78. The van der Waals surface area contributed by atoms with Gasteiger partial charge in [0.05, 0.1) is 7.11 Å². The van der Waals surface area contributed by atoms with Crippen molar-refractivity contribution in [3.8, 4) is 28.6 Å². The molecule has 154 valence electrons. The Morgan fingerprint density at radius 1 is 0.839 bits per heavy atom. The molecule has 0 unspecified atom stereocenters. The van der Waals surface area contributed by atoms with Gasteiger partial charge in [0.25, 0.3) is 5.91 Å². The van der Waals surface area contributed by atoms with E-state index in [0.717, 1.165) is 16.7 Å². The monoisotopic (exact) mass is 411 g/mol. The number of hydrogen-bond acceptors (Lipinski definition) is 5. The van der Waals surface area contributed by atoms with Crippen molar-refractivity contribution in [1.29, 1.82) is 0 Å². The fraction of sp³-hybridized carbons (Fsp3) is 0.0800. The van der Waals surface area contributed by atoms with E-state index in [1.807, 2.05) is 60.7 Å². The van der Waals surface area contributed by atoms with Crippen LogP contribution in [0.1, 0.15) is 15.9 Å². The number of hydrogen-bond donors (Lipinski definition) is 1. The van der Waals surface area contributed by atoms with E-state index in [0.29, 0.717) is 23.6 Å². The van der Waals surface area contributed by atoms with Crippen LogP contribution in [0.5, 0.6) is 17.5 Å². The summed E-state index contributed by atoms with van der Waals surface area (Å²) in [5.74, 6) is 1.14. The molecule has 0 radical (unpaired) electrons. The maximum Gasteiger partial charge on any atom is 0.321 e. The molecule has 1 aromatic heterocycles. The average molecular weight is 411 g/mol. The fourth-order valence-electron chi connectivity index (χ4n) is 3.01. The number of carbonyl (C=O) groups excluding carboxylic acids is 1. The van der Waals surface area contributed by atoms with Gasteiger partial charge in [-0.25, -0.2) is 9.97 Å². The molecule has 0 aliphatic carbocycles. The molecule has 1 amide bonds. The molecular formula is C25H21N3O3. The van der Waals surface area contributed by atoms with Crippen molar-refractivity contribution >= 4 is 5.91 Å². The molecule has 31 heavy (non-hydrogen) atoms. The number of carbonyl (C=O) groups is 1. The smallest absolute Gasteiger partial charge is 0.321 e. The highest BCUT2D eigenvalue weighted by Gasteiger charge is 2.09. The quantitative estimate of drug-likeness (QED) is 0.469. The number of rotatable bonds is 7. The molecule has 0 bridgehead atoms. The normalized spacial score (nSPS) is 10.4. The van der Waals surface area contributed by atoms with Crippen LogP contribution in [0.4, 0.5) is 0 Å². The summed E-state index contributed by atoms with van der Waals surface area (Å²) in [4.78, 5) is 21.1. The molecule has 0 aliphatic heterocycles. The largest absolute Gasteiger partial charge is 0.497 e. The number of amides is 1. The molecular weight excluding hydrogens is 390 g/mol. The summed E-state index contributed by atoms with van der Waals surface area (Å²) in [7, 11) is 1.60.